The molecule has 122 valence electrons. The molecule has 1 aliphatic carbocycles. The molecule has 0 aromatic heterocycles. The SMILES string of the molecule is CCOC(=O)[C@]1(C(F)(F)F)C[C@H]1c1ccc(C(F)(F)F)cc1. The van der Waals surface area contributed by atoms with E-state index in [9.17, 15) is 31.1 Å². The summed E-state index contributed by atoms with van der Waals surface area (Å²) in [6.45, 7) is 1.19. The zero-order valence-corrected chi connectivity index (χ0v) is 11.4. The molecule has 1 fully saturated rings. The van der Waals surface area contributed by atoms with Gasteiger partial charge >= 0.3 is 18.3 Å². The summed E-state index contributed by atoms with van der Waals surface area (Å²) in [4.78, 5) is 11.7. The molecule has 0 heterocycles. The maximum atomic E-state index is 13.2. The lowest BCUT2D eigenvalue weighted by atomic mass is 9.97. The minimum Gasteiger partial charge on any atom is -0.465 e. The van der Waals surface area contributed by atoms with Crippen molar-refractivity contribution in [2.24, 2.45) is 5.41 Å². The van der Waals surface area contributed by atoms with Gasteiger partial charge in [0, 0.05) is 5.92 Å². The minimum atomic E-state index is -4.81. The average molecular weight is 326 g/mol. The van der Waals surface area contributed by atoms with Crippen LogP contribution in [0.2, 0.25) is 0 Å². The summed E-state index contributed by atoms with van der Waals surface area (Å²) in [6.07, 6.45) is -9.89. The number of carbonyl (C=O) groups excluding carboxylic acids is 1. The van der Waals surface area contributed by atoms with Gasteiger partial charge in [-0.25, -0.2) is 0 Å². The van der Waals surface area contributed by atoms with Gasteiger partial charge in [-0.15, -0.1) is 0 Å². The molecule has 0 bridgehead atoms. The Kier molecular flexibility index (Phi) is 3.91. The van der Waals surface area contributed by atoms with Crippen LogP contribution in [0.4, 0.5) is 26.3 Å². The highest BCUT2D eigenvalue weighted by atomic mass is 19.4. The summed E-state index contributed by atoms with van der Waals surface area (Å²) in [5.74, 6) is -2.60. The van der Waals surface area contributed by atoms with Crippen LogP contribution in [0.5, 0.6) is 0 Å². The van der Waals surface area contributed by atoms with Crippen LogP contribution in [0.25, 0.3) is 0 Å². The second-order valence-corrected chi connectivity index (χ2v) is 5.07. The normalized spacial score (nSPS) is 25.0. The molecule has 0 spiro atoms. The summed E-state index contributed by atoms with van der Waals surface area (Å²) in [5.41, 5.74) is -3.56. The molecular weight excluding hydrogens is 314 g/mol. The number of hydrogen-bond acceptors (Lipinski definition) is 2. The molecule has 1 aromatic carbocycles. The number of benzene rings is 1. The Bertz CT molecular complexity index is 560. The van der Waals surface area contributed by atoms with Crippen molar-refractivity contribution in [3.8, 4) is 0 Å². The topological polar surface area (TPSA) is 26.3 Å². The summed E-state index contributed by atoms with van der Waals surface area (Å²) >= 11 is 0. The Morgan fingerprint density at radius 1 is 1.18 bits per heavy atom. The first-order valence-corrected chi connectivity index (χ1v) is 6.45. The smallest absolute Gasteiger partial charge is 0.416 e. The Morgan fingerprint density at radius 2 is 1.73 bits per heavy atom. The van der Waals surface area contributed by atoms with Gasteiger partial charge in [-0.3, -0.25) is 4.79 Å². The molecule has 22 heavy (non-hydrogen) atoms. The second kappa shape index (κ2) is 5.17. The van der Waals surface area contributed by atoms with Crippen molar-refractivity contribution in [2.45, 2.75) is 31.6 Å². The Morgan fingerprint density at radius 3 is 2.14 bits per heavy atom. The predicted molar refractivity (Wildman–Crippen MR) is 63.9 cm³/mol. The van der Waals surface area contributed by atoms with Crippen LogP contribution in [0, 0.1) is 5.41 Å². The van der Waals surface area contributed by atoms with Crippen LogP contribution >= 0.6 is 0 Å². The number of hydrogen-bond donors (Lipinski definition) is 0. The number of alkyl halides is 6. The first kappa shape index (κ1) is 16.6. The van der Waals surface area contributed by atoms with E-state index in [-0.39, 0.29) is 12.2 Å². The van der Waals surface area contributed by atoms with E-state index in [0.717, 1.165) is 12.1 Å². The standard InChI is InChI=1S/C14H12F6O2/c1-2-22-11(21)12(14(18,19)20)7-10(12)8-3-5-9(6-4-8)13(15,16)17/h3-6,10H,2,7H2,1H3/t10-,12-/m0/s1. The zero-order valence-electron chi connectivity index (χ0n) is 11.4. The number of ether oxygens (including phenoxy) is 1. The quantitative estimate of drug-likeness (QED) is 0.611. The highest BCUT2D eigenvalue weighted by Crippen LogP contribution is 2.68. The minimum absolute atomic E-state index is 0.0402. The Balaban J connectivity index is 2.29. The number of carbonyl (C=O) groups is 1. The highest BCUT2D eigenvalue weighted by molar-refractivity contribution is 5.83. The summed E-state index contributed by atoms with van der Waals surface area (Å²) < 4.78 is 81.4. The van der Waals surface area contributed by atoms with Gasteiger partial charge in [0.15, 0.2) is 5.41 Å². The van der Waals surface area contributed by atoms with Crippen molar-refractivity contribution < 1.29 is 35.9 Å². The van der Waals surface area contributed by atoms with E-state index in [4.69, 9.17) is 0 Å². The van der Waals surface area contributed by atoms with Crippen molar-refractivity contribution >= 4 is 5.97 Å². The third-order valence-electron chi connectivity index (χ3n) is 3.75. The van der Waals surface area contributed by atoms with Gasteiger partial charge in [-0.1, -0.05) is 12.1 Å². The molecule has 1 saturated carbocycles. The fraction of sp³-hybridized carbons (Fsp3) is 0.500. The Hall–Kier alpha value is -1.73. The molecule has 0 unspecified atom stereocenters. The van der Waals surface area contributed by atoms with Gasteiger partial charge in [-0.05, 0) is 31.0 Å². The van der Waals surface area contributed by atoms with E-state index < -0.39 is 41.6 Å². The van der Waals surface area contributed by atoms with Gasteiger partial charge in [0.25, 0.3) is 0 Å². The molecule has 1 aliphatic rings. The molecule has 0 N–H and O–H groups in total. The third kappa shape index (κ3) is 2.66. The van der Waals surface area contributed by atoms with Crippen LogP contribution < -0.4 is 0 Å². The lowest BCUT2D eigenvalue weighted by molar-refractivity contribution is -0.207. The molecule has 0 saturated heterocycles. The van der Waals surface area contributed by atoms with E-state index in [1.807, 2.05) is 0 Å². The van der Waals surface area contributed by atoms with E-state index in [0.29, 0.717) is 12.1 Å². The van der Waals surface area contributed by atoms with Gasteiger partial charge in [0.1, 0.15) is 0 Å². The van der Waals surface area contributed by atoms with E-state index >= 15 is 0 Å². The maximum absolute atomic E-state index is 13.2. The first-order valence-electron chi connectivity index (χ1n) is 6.45. The van der Waals surface area contributed by atoms with Crippen LogP contribution in [0.15, 0.2) is 24.3 Å². The van der Waals surface area contributed by atoms with Gasteiger partial charge in [-0.2, -0.15) is 26.3 Å². The average Bonchev–Trinajstić information content (AvgIpc) is 3.14. The predicted octanol–water partition coefficient (Wildman–Crippen LogP) is 4.30. The maximum Gasteiger partial charge on any atom is 0.416 e. The van der Waals surface area contributed by atoms with Crippen molar-refractivity contribution in [3.63, 3.8) is 0 Å². The van der Waals surface area contributed by atoms with Gasteiger partial charge in [0.2, 0.25) is 0 Å². The van der Waals surface area contributed by atoms with Crippen LogP contribution in [-0.4, -0.2) is 18.8 Å². The van der Waals surface area contributed by atoms with Crippen molar-refractivity contribution in [1.82, 2.24) is 0 Å². The third-order valence-corrected chi connectivity index (χ3v) is 3.75. The molecule has 0 radical (unpaired) electrons. The van der Waals surface area contributed by atoms with E-state index in [1.165, 1.54) is 6.92 Å². The summed E-state index contributed by atoms with van der Waals surface area (Å²) in [7, 11) is 0. The van der Waals surface area contributed by atoms with Crippen molar-refractivity contribution in [1.29, 1.82) is 0 Å². The molecule has 0 aliphatic heterocycles. The second-order valence-electron chi connectivity index (χ2n) is 5.07. The summed E-state index contributed by atoms with van der Waals surface area (Å²) in [6, 6.07) is 3.36. The highest BCUT2D eigenvalue weighted by Gasteiger charge is 2.76. The molecule has 1 aromatic rings. The lowest BCUT2D eigenvalue weighted by Gasteiger charge is -2.19. The fourth-order valence-corrected chi connectivity index (χ4v) is 2.48. The van der Waals surface area contributed by atoms with Gasteiger partial charge in [0.05, 0.1) is 12.2 Å². The van der Waals surface area contributed by atoms with Crippen LogP contribution in [-0.2, 0) is 15.7 Å². The molecule has 2 atom stereocenters. The molecule has 8 heteroatoms. The van der Waals surface area contributed by atoms with E-state index in [2.05, 4.69) is 4.74 Å². The number of rotatable bonds is 3. The van der Waals surface area contributed by atoms with Crippen LogP contribution in [0.1, 0.15) is 30.4 Å². The van der Waals surface area contributed by atoms with E-state index in [1.54, 1.807) is 0 Å². The lowest BCUT2D eigenvalue weighted by Crippen LogP contribution is -2.35. The molecule has 2 rings (SSSR count). The monoisotopic (exact) mass is 326 g/mol. The molecular formula is C14H12F6O2. The molecule has 0 amide bonds. The van der Waals surface area contributed by atoms with Crippen molar-refractivity contribution in [2.75, 3.05) is 6.61 Å². The first-order chi connectivity index (χ1) is 10.0. The van der Waals surface area contributed by atoms with Crippen molar-refractivity contribution in [3.05, 3.63) is 35.4 Å². The number of halogens is 6. The van der Waals surface area contributed by atoms with Gasteiger partial charge < -0.3 is 4.74 Å². The Labute approximate surface area is 122 Å². The van der Waals surface area contributed by atoms with Crippen LogP contribution in [0.3, 0.4) is 0 Å². The largest absolute Gasteiger partial charge is 0.465 e. The summed E-state index contributed by atoms with van der Waals surface area (Å²) in [5, 5.41) is 0. The number of esters is 1. The molecule has 2 nitrogen and oxygen atoms in total. The zero-order chi connectivity index (χ0) is 16.8. The fourth-order valence-electron chi connectivity index (χ4n) is 2.48.